The molecule has 0 bridgehead atoms. The molecule has 0 spiro atoms. The molecule has 0 saturated heterocycles. The average molecular weight is 331 g/mol. The van der Waals surface area contributed by atoms with Gasteiger partial charge in [-0.2, -0.15) is 0 Å². The molecule has 0 amide bonds. The molecule has 1 N–H and O–H groups in total. The second-order valence-electron chi connectivity index (χ2n) is 4.46. The van der Waals surface area contributed by atoms with E-state index in [4.69, 9.17) is 4.98 Å². The van der Waals surface area contributed by atoms with Gasteiger partial charge in [-0.05, 0) is 41.9 Å². The van der Waals surface area contributed by atoms with Gasteiger partial charge in [0.2, 0.25) is 0 Å². The molecule has 3 nitrogen and oxygen atoms in total. The standard InChI is InChI=1S/C12H18IN3/c1-4-7(2)11-15-10(8-5-6-8)9(13)12(14-3)16-11/h7-8H,4-6H2,1-3H3,(H,14,15,16). The lowest BCUT2D eigenvalue weighted by atomic mass is 10.1. The summed E-state index contributed by atoms with van der Waals surface area (Å²) in [6.45, 7) is 4.38. The molecule has 1 aliphatic carbocycles. The van der Waals surface area contributed by atoms with Crippen LogP contribution in [0.1, 0.15) is 56.5 Å². The zero-order chi connectivity index (χ0) is 11.7. The van der Waals surface area contributed by atoms with Crippen LogP contribution in [0.2, 0.25) is 0 Å². The van der Waals surface area contributed by atoms with E-state index in [1.165, 1.54) is 22.1 Å². The molecule has 0 radical (unpaired) electrons. The van der Waals surface area contributed by atoms with E-state index in [2.05, 4.69) is 46.7 Å². The highest BCUT2D eigenvalue weighted by Crippen LogP contribution is 2.42. The first-order valence-corrected chi connectivity index (χ1v) is 7.00. The van der Waals surface area contributed by atoms with Crippen LogP contribution in [-0.4, -0.2) is 17.0 Å². The lowest BCUT2D eigenvalue weighted by Crippen LogP contribution is -2.09. The largest absolute Gasteiger partial charge is 0.372 e. The topological polar surface area (TPSA) is 37.8 Å². The Kier molecular flexibility index (Phi) is 3.66. The van der Waals surface area contributed by atoms with Gasteiger partial charge < -0.3 is 5.32 Å². The molecule has 16 heavy (non-hydrogen) atoms. The summed E-state index contributed by atoms with van der Waals surface area (Å²) < 4.78 is 1.20. The van der Waals surface area contributed by atoms with Crippen molar-refractivity contribution in [2.24, 2.45) is 0 Å². The van der Waals surface area contributed by atoms with Gasteiger partial charge in [0.05, 0.1) is 9.26 Å². The fourth-order valence-electron chi connectivity index (χ4n) is 1.68. The molecule has 0 aromatic carbocycles. The van der Waals surface area contributed by atoms with Crippen molar-refractivity contribution in [3.63, 3.8) is 0 Å². The molecule has 1 unspecified atom stereocenters. The molecule has 1 aromatic heterocycles. The summed E-state index contributed by atoms with van der Waals surface area (Å²) in [4.78, 5) is 9.36. The van der Waals surface area contributed by atoms with Gasteiger partial charge in [-0.1, -0.05) is 13.8 Å². The van der Waals surface area contributed by atoms with Gasteiger partial charge >= 0.3 is 0 Å². The summed E-state index contributed by atoms with van der Waals surface area (Å²) in [5.74, 6) is 3.12. The lowest BCUT2D eigenvalue weighted by Gasteiger charge is -2.13. The summed E-state index contributed by atoms with van der Waals surface area (Å²) in [6.07, 6.45) is 3.67. The van der Waals surface area contributed by atoms with Crippen molar-refractivity contribution >= 4 is 28.4 Å². The first kappa shape index (κ1) is 12.1. The summed E-state index contributed by atoms with van der Waals surface area (Å²) in [5, 5.41) is 3.18. The third kappa shape index (κ3) is 2.31. The summed E-state index contributed by atoms with van der Waals surface area (Å²) in [6, 6.07) is 0. The Bertz CT molecular complexity index is 388. The van der Waals surface area contributed by atoms with E-state index in [1.54, 1.807) is 0 Å². The van der Waals surface area contributed by atoms with Crippen molar-refractivity contribution in [1.82, 2.24) is 9.97 Å². The molecule has 1 fully saturated rings. The van der Waals surface area contributed by atoms with E-state index < -0.39 is 0 Å². The Morgan fingerprint density at radius 1 is 1.44 bits per heavy atom. The minimum Gasteiger partial charge on any atom is -0.372 e. The first-order chi connectivity index (χ1) is 7.67. The SMILES string of the molecule is CCC(C)c1nc(NC)c(I)c(C2CC2)n1. The van der Waals surface area contributed by atoms with Gasteiger partial charge in [-0.15, -0.1) is 0 Å². The monoisotopic (exact) mass is 331 g/mol. The minimum atomic E-state index is 0.446. The van der Waals surface area contributed by atoms with Crippen LogP contribution in [0.25, 0.3) is 0 Å². The van der Waals surface area contributed by atoms with Crippen molar-refractivity contribution < 1.29 is 0 Å². The van der Waals surface area contributed by atoms with Crippen molar-refractivity contribution in [1.29, 1.82) is 0 Å². The van der Waals surface area contributed by atoms with Gasteiger partial charge in [0, 0.05) is 18.9 Å². The van der Waals surface area contributed by atoms with Crippen LogP contribution in [0.5, 0.6) is 0 Å². The summed E-state index contributed by atoms with van der Waals surface area (Å²) in [5.41, 5.74) is 1.26. The van der Waals surface area contributed by atoms with Crippen LogP contribution in [0.15, 0.2) is 0 Å². The van der Waals surface area contributed by atoms with Crippen LogP contribution < -0.4 is 5.32 Å². The smallest absolute Gasteiger partial charge is 0.143 e. The van der Waals surface area contributed by atoms with E-state index in [-0.39, 0.29) is 0 Å². The molecule has 2 rings (SSSR count). The van der Waals surface area contributed by atoms with Crippen LogP contribution in [0.4, 0.5) is 5.82 Å². The van der Waals surface area contributed by atoms with Gasteiger partial charge in [0.25, 0.3) is 0 Å². The quantitative estimate of drug-likeness (QED) is 0.858. The minimum absolute atomic E-state index is 0.446. The predicted octanol–water partition coefficient (Wildman–Crippen LogP) is 3.51. The maximum atomic E-state index is 4.76. The fourth-order valence-corrected chi connectivity index (χ4v) is 2.63. The van der Waals surface area contributed by atoms with E-state index in [1.807, 2.05) is 7.05 Å². The van der Waals surface area contributed by atoms with Crippen molar-refractivity contribution in [3.8, 4) is 0 Å². The lowest BCUT2D eigenvalue weighted by molar-refractivity contribution is 0.670. The molecule has 1 saturated carbocycles. The van der Waals surface area contributed by atoms with E-state index in [0.717, 1.165) is 18.1 Å². The number of nitrogens with zero attached hydrogens (tertiary/aromatic N) is 2. The Morgan fingerprint density at radius 3 is 2.62 bits per heavy atom. The number of anilines is 1. The molecule has 88 valence electrons. The van der Waals surface area contributed by atoms with Gasteiger partial charge in [-0.3, -0.25) is 0 Å². The second-order valence-corrected chi connectivity index (χ2v) is 5.54. The molecule has 0 aliphatic heterocycles. The highest BCUT2D eigenvalue weighted by Gasteiger charge is 2.29. The summed E-state index contributed by atoms with van der Waals surface area (Å²) in [7, 11) is 1.93. The Labute approximate surface area is 111 Å². The zero-order valence-electron chi connectivity index (χ0n) is 10.0. The summed E-state index contributed by atoms with van der Waals surface area (Å²) >= 11 is 2.36. The number of aromatic nitrogens is 2. The number of nitrogens with one attached hydrogen (secondary N) is 1. The second kappa shape index (κ2) is 4.85. The van der Waals surface area contributed by atoms with Gasteiger partial charge in [-0.25, -0.2) is 9.97 Å². The van der Waals surface area contributed by atoms with Crippen LogP contribution in [0.3, 0.4) is 0 Å². The van der Waals surface area contributed by atoms with Gasteiger partial charge in [0.1, 0.15) is 11.6 Å². The van der Waals surface area contributed by atoms with E-state index in [9.17, 15) is 0 Å². The maximum absolute atomic E-state index is 4.76. The highest BCUT2D eigenvalue weighted by atomic mass is 127. The highest BCUT2D eigenvalue weighted by molar-refractivity contribution is 14.1. The van der Waals surface area contributed by atoms with Crippen molar-refractivity contribution in [2.75, 3.05) is 12.4 Å². The van der Waals surface area contributed by atoms with Crippen LogP contribution >= 0.6 is 22.6 Å². The van der Waals surface area contributed by atoms with E-state index >= 15 is 0 Å². The number of hydrogen-bond acceptors (Lipinski definition) is 3. The zero-order valence-corrected chi connectivity index (χ0v) is 12.2. The Balaban J connectivity index is 2.43. The molecule has 1 aliphatic rings. The van der Waals surface area contributed by atoms with Crippen LogP contribution in [-0.2, 0) is 0 Å². The van der Waals surface area contributed by atoms with Crippen LogP contribution in [0, 0.1) is 3.57 Å². The fraction of sp³-hybridized carbons (Fsp3) is 0.667. The maximum Gasteiger partial charge on any atom is 0.143 e. The Morgan fingerprint density at radius 2 is 2.12 bits per heavy atom. The van der Waals surface area contributed by atoms with Gasteiger partial charge in [0.15, 0.2) is 0 Å². The Hall–Kier alpha value is -0.390. The van der Waals surface area contributed by atoms with Crippen molar-refractivity contribution in [3.05, 3.63) is 15.1 Å². The predicted molar refractivity (Wildman–Crippen MR) is 75.0 cm³/mol. The first-order valence-electron chi connectivity index (χ1n) is 5.92. The normalized spacial score (nSPS) is 17.2. The molecular formula is C12H18IN3. The molecule has 1 aromatic rings. The molecule has 1 atom stereocenters. The number of halogens is 1. The van der Waals surface area contributed by atoms with E-state index in [0.29, 0.717) is 11.8 Å². The third-order valence-electron chi connectivity index (χ3n) is 3.15. The molecule has 4 heteroatoms. The van der Waals surface area contributed by atoms with Crippen molar-refractivity contribution in [2.45, 2.75) is 44.9 Å². The number of rotatable bonds is 4. The third-order valence-corrected chi connectivity index (χ3v) is 4.21. The average Bonchev–Trinajstić information content (AvgIpc) is 3.12. The molecular weight excluding hydrogens is 313 g/mol. The number of hydrogen-bond donors (Lipinski definition) is 1. The molecule has 1 heterocycles.